The Kier molecular flexibility index (Phi) is 7.27. The molecule has 0 fully saturated rings. The van der Waals surface area contributed by atoms with Crippen molar-refractivity contribution in [3.05, 3.63) is 73.8 Å². The van der Waals surface area contributed by atoms with Crippen LogP contribution in [-0.2, 0) is 13.0 Å². The standard InChI is InChI=1S/C20H23Cl2N3O3/c1-20(2,3)23-19(26)24(11-10-15-6-7-16(21)12-18(15)22)13-14-4-8-17(9-5-14)25(27)28/h4-9,12H,10-11,13H2,1-3H3,(H,23,26). The van der Waals surface area contributed by atoms with E-state index in [0.717, 1.165) is 11.1 Å². The fraction of sp³-hybridized carbons (Fsp3) is 0.350. The highest BCUT2D eigenvalue weighted by Crippen LogP contribution is 2.22. The van der Waals surface area contributed by atoms with Gasteiger partial charge in [0, 0.05) is 40.8 Å². The highest BCUT2D eigenvalue weighted by Gasteiger charge is 2.20. The molecule has 0 radical (unpaired) electrons. The highest BCUT2D eigenvalue weighted by molar-refractivity contribution is 6.35. The van der Waals surface area contributed by atoms with E-state index >= 15 is 0 Å². The minimum absolute atomic E-state index is 0.0161. The van der Waals surface area contributed by atoms with Crippen molar-refractivity contribution in [2.45, 2.75) is 39.3 Å². The van der Waals surface area contributed by atoms with Crippen LogP contribution in [0.5, 0.6) is 0 Å². The van der Waals surface area contributed by atoms with Crippen LogP contribution in [0.3, 0.4) is 0 Å². The van der Waals surface area contributed by atoms with Crippen LogP contribution in [0.2, 0.25) is 10.0 Å². The van der Waals surface area contributed by atoms with E-state index in [1.165, 1.54) is 12.1 Å². The molecule has 0 bridgehead atoms. The van der Waals surface area contributed by atoms with E-state index in [9.17, 15) is 14.9 Å². The minimum Gasteiger partial charge on any atom is -0.333 e. The monoisotopic (exact) mass is 423 g/mol. The van der Waals surface area contributed by atoms with Gasteiger partial charge in [0.05, 0.1) is 4.92 Å². The molecule has 0 atom stereocenters. The van der Waals surface area contributed by atoms with Crippen LogP contribution in [0, 0.1) is 10.1 Å². The number of nitrogens with zero attached hydrogens (tertiary/aromatic N) is 2. The van der Waals surface area contributed by atoms with Crippen LogP contribution in [0.4, 0.5) is 10.5 Å². The SMILES string of the molecule is CC(C)(C)NC(=O)N(CCc1ccc(Cl)cc1Cl)Cc1ccc([N+](=O)[O-])cc1. The van der Waals surface area contributed by atoms with E-state index in [1.54, 1.807) is 29.2 Å². The van der Waals surface area contributed by atoms with Crippen LogP contribution >= 0.6 is 23.2 Å². The van der Waals surface area contributed by atoms with Crippen LogP contribution < -0.4 is 5.32 Å². The van der Waals surface area contributed by atoms with Gasteiger partial charge in [-0.2, -0.15) is 0 Å². The molecule has 0 saturated heterocycles. The van der Waals surface area contributed by atoms with Gasteiger partial charge in [0.15, 0.2) is 0 Å². The summed E-state index contributed by atoms with van der Waals surface area (Å²) < 4.78 is 0. The smallest absolute Gasteiger partial charge is 0.318 e. The molecule has 150 valence electrons. The number of carbonyl (C=O) groups is 1. The van der Waals surface area contributed by atoms with Crippen molar-refractivity contribution in [3.63, 3.8) is 0 Å². The first kappa shape index (κ1) is 22.0. The summed E-state index contributed by atoms with van der Waals surface area (Å²) >= 11 is 12.2. The summed E-state index contributed by atoms with van der Waals surface area (Å²) in [6.45, 7) is 6.48. The Morgan fingerprint density at radius 2 is 1.79 bits per heavy atom. The summed E-state index contributed by atoms with van der Waals surface area (Å²) in [5, 5.41) is 14.9. The summed E-state index contributed by atoms with van der Waals surface area (Å²) in [6, 6.07) is 11.3. The number of hydrogen-bond donors (Lipinski definition) is 1. The molecular weight excluding hydrogens is 401 g/mol. The average Bonchev–Trinajstić information content (AvgIpc) is 2.58. The first-order chi connectivity index (χ1) is 13.0. The molecule has 2 amide bonds. The van der Waals surface area contributed by atoms with Crippen molar-refractivity contribution >= 4 is 34.9 Å². The molecule has 0 unspecified atom stereocenters. The Hall–Kier alpha value is -2.31. The maximum absolute atomic E-state index is 12.8. The number of carbonyl (C=O) groups excluding carboxylic acids is 1. The number of nitro benzene ring substituents is 1. The normalized spacial score (nSPS) is 11.2. The third-order valence-electron chi connectivity index (χ3n) is 3.96. The Bertz CT molecular complexity index is 849. The number of benzene rings is 2. The first-order valence-electron chi connectivity index (χ1n) is 8.79. The van der Waals surface area contributed by atoms with Crippen LogP contribution in [-0.4, -0.2) is 27.9 Å². The maximum atomic E-state index is 12.8. The number of urea groups is 1. The highest BCUT2D eigenvalue weighted by atomic mass is 35.5. The van der Waals surface area contributed by atoms with Crippen molar-refractivity contribution in [1.29, 1.82) is 0 Å². The summed E-state index contributed by atoms with van der Waals surface area (Å²) in [7, 11) is 0. The second-order valence-corrected chi connectivity index (χ2v) is 8.35. The van der Waals surface area contributed by atoms with E-state index in [1.807, 2.05) is 26.8 Å². The second kappa shape index (κ2) is 9.26. The molecule has 0 aliphatic carbocycles. The Morgan fingerprint density at radius 3 is 2.32 bits per heavy atom. The lowest BCUT2D eigenvalue weighted by Gasteiger charge is -2.29. The molecule has 0 spiro atoms. The number of nitrogens with one attached hydrogen (secondary N) is 1. The van der Waals surface area contributed by atoms with Crippen molar-refractivity contribution in [1.82, 2.24) is 10.2 Å². The van der Waals surface area contributed by atoms with E-state index < -0.39 is 4.92 Å². The van der Waals surface area contributed by atoms with Gasteiger partial charge in [-0.1, -0.05) is 41.4 Å². The summed E-state index contributed by atoms with van der Waals surface area (Å²) in [5.41, 5.74) is 1.32. The molecule has 0 heterocycles. The van der Waals surface area contributed by atoms with E-state index in [4.69, 9.17) is 23.2 Å². The Balaban J connectivity index is 2.16. The minimum atomic E-state index is -0.448. The predicted molar refractivity (Wildman–Crippen MR) is 112 cm³/mol. The van der Waals surface area contributed by atoms with E-state index in [-0.39, 0.29) is 17.3 Å². The molecule has 2 rings (SSSR count). The zero-order valence-electron chi connectivity index (χ0n) is 16.0. The fourth-order valence-electron chi connectivity index (χ4n) is 2.58. The number of hydrogen-bond acceptors (Lipinski definition) is 3. The van der Waals surface area contributed by atoms with Gasteiger partial charge in [-0.15, -0.1) is 0 Å². The van der Waals surface area contributed by atoms with E-state index in [0.29, 0.717) is 29.6 Å². The lowest BCUT2D eigenvalue weighted by atomic mass is 10.1. The van der Waals surface area contributed by atoms with Crippen molar-refractivity contribution < 1.29 is 9.72 Å². The second-order valence-electron chi connectivity index (χ2n) is 7.51. The zero-order valence-corrected chi connectivity index (χ0v) is 17.5. The van der Waals surface area contributed by atoms with Gasteiger partial charge in [0.1, 0.15) is 0 Å². The third-order valence-corrected chi connectivity index (χ3v) is 4.54. The molecule has 0 aliphatic heterocycles. The van der Waals surface area contributed by atoms with Crippen molar-refractivity contribution in [3.8, 4) is 0 Å². The quantitative estimate of drug-likeness (QED) is 0.495. The molecule has 8 heteroatoms. The number of nitro groups is 1. The molecule has 2 aromatic rings. The topological polar surface area (TPSA) is 75.5 Å². The van der Waals surface area contributed by atoms with Crippen molar-refractivity contribution in [2.75, 3.05) is 6.54 Å². The molecule has 2 aromatic carbocycles. The van der Waals surface area contributed by atoms with Gasteiger partial charge in [-0.25, -0.2) is 4.79 Å². The van der Waals surface area contributed by atoms with Crippen molar-refractivity contribution in [2.24, 2.45) is 0 Å². The predicted octanol–water partition coefficient (Wildman–Crippen LogP) is 5.45. The molecule has 0 saturated carbocycles. The maximum Gasteiger partial charge on any atom is 0.318 e. The summed E-state index contributed by atoms with van der Waals surface area (Å²) in [5.74, 6) is 0. The molecule has 6 nitrogen and oxygen atoms in total. The molecule has 1 N–H and O–H groups in total. The Morgan fingerprint density at radius 1 is 1.14 bits per heavy atom. The number of halogens is 2. The van der Waals surface area contributed by atoms with Gasteiger partial charge in [0.25, 0.3) is 5.69 Å². The van der Waals surface area contributed by atoms with Crippen LogP contribution in [0.25, 0.3) is 0 Å². The van der Waals surface area contributed by atoms with E-state index in [2.05, 4.69) is 5.32 Å². The van der Waals surface area contributed by atoms with Gasteiger partial charge in [0.2, 0.25) is 0 Å². The molecule has 28 heavy (non-hydrogen) atoms. The molecule has 0 aliphatic rings. The summed E-state index contributed by atoms with van der Waals surface area (Å²) in [4.78, 5) is 24.8. The Labute approximate surface area is 174 Å². The lowest BCUT2D eigenvalue weighted by Crippen LogP contribution is -2.48. The first-order valence-corrected chi connectivity index (χ1v) is 9.55. The third kappa shape index (κ3) is 6.69. The largest absolute Gasteiger partial charge is 0.333 e. The average molecular weight is 424 g/mol. The number of rotatable bonds is 6. The molecular formula is C20H23Cl2N3O3. The number of amides is 2. The van der Waals surface area contributed by atoms with Gasteiger partial charge < -0.3 is 10.2 Å². The van der Waals surface area contributed by atoms with Gasteiger partial charge in [-0.05, 0) is 50.5 Å². The summed E-state index contributed by atoms with van der Waals surface area (Å²) in [6.07, 6.45) is 0.556. The number of non-ortho nitro benzene ring substituents is 1. The van der Waals surface area contributed by atoms with Crippen LogP contribution in [0.15, 0.2) is 42.5 Å². The fourth-order valence-corrected chi connectivity index (χ4v) is 3.08. The van der Waals surface area contributed by atoms with Gasteiger partial charge in [-0.3, -0.25) is 10.1 Å². The zero-order chi connectivity index (χ0) is 20.9. The van der Waals surface area contributed by atoms with Crippen LogP contribution in [0.1, 0.15) is 31.9 Å². The lowest BCUT2D eigenvalue weighted by molar-refractivity contribution is -0.384. The van der Waals surface area contributed by atoms with Gasteiger partial charge >= 0.3 is 6.03 Å². The molecule has 0 aromatic heterocycles.